The van der Waals surface area contributed by atoms with Crippen molar-refractivity contribution in [2.45, 2.75) is 0 Å². The molecule has 2 rings (SSSR count). The summed E-state index contributed by atoms with van der Waals surface area (Å²) < 4.78 is 25.7. The van der Waals surface area contributed by atoms with Gasteiger partial charge in [0.25, 0.3) is 5.91 Å². The number of benzene rings is 1. The van der Waals surface area contributed by atoms with Crippen molar-refractivity contribution < 1.29 is 18.7 Å². The van der Waals surface area contributed by atoms with E-state index in [0.717, 1.165) is 12.1 Å². The molecule has 0 radical (unpaired) electrons. The third-order valence-corrected chi connectivity index (χ3v) is 2.19. The van der Waals surface area contributed by atoms with Crippen molar-refractivity contribution in [1.29, 1.82) is 0 Å². The third kappa shape index (κ3) is 2.60. The SMILES string of the molecule is O=C(Nc1ccc(F)nc1F)c1ccc(O)cc1. The number of anilines is 1. The van der Waals surface area contributed by atoms with E-state index in [4.69, 9.17) is 5.11 Å². The van der Waals surface area contributed by atoms with Crippen LogP contribution in [0.15, 0.2) is 36.4 Å². The van der Waals surface area contributed by atoms with E-state index < -0.39 is 17.8 Å². The number of carbonyl (C=O) groups is 1. The molecule has 92 valence electrons. The van der Waals surface area contributed by atoms with E-state index in [1.54, 1.807) is 0 Å². The van der Waals surface area contributed by atoms with E-state index in [1.807, 2.05) is 0 Å². The lowest BCUT2D eigenvalue weighted by atomic mass is 10.2. The molecule has 0 atom stereocenters. The van der Waals surface area contributed by atoms with Gasteiger partial charge < -0.3 is 10.4 Å². The minimum atomic E-state index is -1.10. The quantitative estimate of drug-likeness (QED) is 0.804. The van der Waals surface area contributed by atoms with Crippen molar-refractivity contribution in [2.75, 3.05) is 5.32 Å². The van der Waals surface area contributed by atoms with Crippen LogP contribution in [0.25, 0.3) is 0 Å². The fraction of sp³-hybridized carbons (Fsp3) is 0. The smallest absolute Gasteiger partial charge is 0.255 e. The number of pyridine rings is 1. The van der Waals surface area contributed by atoms with Gasteiger partial charge in [-0.05, 0) is 36.4 Å². The van der Waals surface area contributed by atoms with Crippen LogP contribution < -0.4 is 5.32 Å². The second-order valence-corrected chi connectivity index (χ2v) is 3.47. The second kappa shape index (κ2) is 4.79. The number of nitrogens with one attached hydrogen (secondary N) is 1. The molecular weight excluding hydrogens is 242 g/mol. The van der Waals surface area contributed by atoms with Crippen LogP contribution in [0.2, 0.25) is 0 Å². The van der Waals surface area contributed by atoms with Crippen molar-refractivity contribution in [1.82, 2.24) is 4.98 Å². The Morgan fingerprint density at radius 1 is 1.11 bits per heavy atom. The number of hydrogen-bond donors (Lipinski definition) is 2. The van der Waals surface area contributed by atoms with Gasteiger partial charge in [0.2, 0.25) is 11.9 Å². The summed E-state index contributed by atoms with van der Waals surface area (Å²) in [5, 5.41) is 11.3. The van der Waals surface area contributed by atoms with Crippen molar-refractivity contribution in [3.8, 4) is 5.75 Å². The van der Waals surface area contributed by atoms with Gasteiger partial charge in [0.15, 0.2) is 0 Å². The number of nitrogens with zero attached hydrogens (tertiary/aromatic N) is 1. The Hall–Kier alpha value is -2.50. The number of amides is 1. The number of aromatic nitrogens is 1. The van der Waals surface area contributed by atoms with Gasteiger partial charge >= 0.3 is 0 Å². The van der Waals surface area contributed by atoms with Crippen LogP contribution in [0.5, 0.6) is 5.75 Å². The number of aromatic hydroxyl groups is 1. The van der Waals surface area contributed by atoms with Crippen LogP contribution in [0, 0.1) is 11.9 Å². The summed E-state index contributed by atoms with van der Waals surface area (Å²) in [6, 6.07) is 7.42. The molecular formula is C12H8F2N2O2. The van der Waals surface area contributed by atoms with Crippen LogP contribution >= 0.6 is 0 Å². The maximum atomic E-state index is 13.2. The number of phenols is 1. The molecule has 1 heterocycles. The molecule has 18 heavy (non-hydrogen) atoms. The van der Waals surface area contributed by atoms with Crippen LogP contribution in [-0.2, 0) is 0 Å². The van der Waals surface area contributed by atoms with E-state index in [0.29, 0.717) is 0 Å². The topological polar surface area (TPSA) is 62.2 Å². The summed E-state index contributed by atoms with van der Waals surface area (Å²) in [7, 11) is 0. The maximum absolute atomic E-state index is 13.2. The fourth-order valence-corrected chi connectivity index (χ4v) is 1.31. The fourth-order valence-electron chi connectivity index (χ4n) is 1.31. The normalized spacial score (nSPS) is 10.1. The molecule has 0 aliphatic rings. The molecule has 0 saturated carbocycles. The van der Waals surface area contributed by atoms with Gasteiger partial charge in [-0.1, -0.05) is 0 Å². The minimum Gasteiger partial charge on any atom is -0.508 e. The highest BCUT2D eigenvalue weighted by Crippen LogP contribution is 2.15. The predicted molar refractivity (Wildman–Crippen MR) is 60.2 cm³/mol. The molecule has 0 spiro atoms. The van der Waals surface area contributed by atoms with E-state index in [9.17, 15) is 13.6 Å². The zero-order valence-electron chi connectivity index (χ0n) is 9.02. The van der Waals surface area contributed by atoms with E-state index in [1.165, 1.54) is 24.3 Å². The van der Waals surface area contributed by atoms with Crippen LogP contribution in [0.1, 0.15) is 10.4 Å². The van der Waals surface area contributed by atoms with E-state index in [2.05, 4.69) is 10.3 Å². The summed E-state index contributed by atoms with van der Waals surface area (Å²) in [4.78, 5) is 14.6. The summed E-state index contributed by atoms with van der Waals surface area (Å²) in [6.07, 6.45) is 0. The van der Waals surface area contributed by atoms with Gasteiger partial charge in [0.1, 0.15) is 5.75 Å². The van der Waals surface area contributed by atoms with Crippen LogP contribution in [-0.4, -0.2) is 16.0 Å². The first-order chi connectivity index (χ1) is 8.56. The summed E-state index contributed by atoms with van der Waals surface area (Å²) in [5.74, 6) is -2.62. The number of carbonyl (C=O) groups excluding carboxylic acids is 1. The Kier molecular flexibility index (Phi) is 3.18. The number of hydrogen-bond acceptors (Lipinski definition) is 3. The standard InChI is InChI=1S/C12H8F2N2O2/c13-10-6-5-9(11(14)16-10)15-12(18)7-1-3-8(17)4-2-7/h1-6,17H,(H,15,18). The predicted octanol–water partition coefficient (Wildman–Crippen LogP) is 2.32. The van der Waals surface area contributed by atoms with Crippen LogP contribution in [0.4, 0.5) is 14.5 Å². The molecule has 4 nitrogen and oxygen atoms in total. The molecule has 1 amide bonds. The zero-order valence-corrected chi connectivity index (χ0v) is 9.02. The molecule has 0 saturated heterocycles. The monoisotopic (exact) mass is 250 g/mol. The number of rotatable bonds is 2. The maximum Gasteiger partial charge on any atom is 0.255 e. The van der Waals surface area contributed by atoms with Crippen molar-refractivity contribution in [2.24, 2.45) is 0 Å². The summed E-state index contributed by atoms with van der Waals surface area (Å²) >= 11 is 0. The molecule has 0 aliphatic carbocycles. The first-order valence-electron chi connectivity index (χ1n) is 4.98. The first-order valence-corrected chi connectivity index (χ1v) is 4.98. The van der Waals surface area contributed by atoms with Crippen LogP contribution in [0.3, 0.4) is 0 Å². The van der Waals surface area contributed by atoms with Crippen molar-refractivity contribution in [3.05, 3.63) is 53.9 Å². The largest absolute Gasteiger partial charge is 0.508 e. The highest BCUT2D eigenvalue weighted by Gasteiger charge is 2.10. The number of phenolic OH excluding ortho intramolecular Hbond substituents is 1. The Balaban J connectivity index is 2.18. The van der Waals surface area contributed by atoms with Gasteiger partial charge in [-0.3, -0.25) is 4.79 Å². The van der Waals surface area contributed by atoms with Gasteiger partial charge in [-0.15, -0.1) is 0 Å². The minimum absolute atomic E-state index is 0.0150. The summed E-state index contributed by atoms with van der Waals surface area (Å²) in [5.41, 5.74) is 0.0194. The molecule has 0 bridgehead atoms. The highest BCUT2D eigenvalue weighted by atomic mass is 19.1. The van der Waals surface area contributed by atoms with E-state index in [-0.39, 0.29) is 17.0 Å². The second-order valence-electron chi connectivity index (χ2n) is 3.47. The molecule has 1 aromatic carbocycles. The average Bonchev–Trinajstić information content (AvgIpc) is 2.33. The average molecular weight is 250 g/mol. The molecule has 2 aromatic rings. The zero-order chi connectivity index (χ0) is 13.1. The molecule has 0 fully saturated rings. The van der Waals surface area contributed by atoms with Gasteiger partial charge in [0, 0.05) is 5.56 Å². The molecule has 0 unspecified atom stereocenters. The van der Waals surface area contributed by atoms with Crippen molar-refractivity contribution in [3.63, 3.8) is 0 Å². The van der Waals surface area contributed by atoms with Crippen molar-refractivity contribution >= 4 is 11.6 Å². The highest BCUT2D eigenvalue weighted by molar-refractivity contribution is 6.04. The van der Waals surface area contributed by atoms with Gasteiger partial charge in [-0.25, -0.2) is 0 Å². The first kappa shape index (κ1) is 12.0. The lowest BCUT2D eigenvalue weighted by molar-refractivity contribution is 0.102. The Bertz CT molecular complexity index is 585. The number of halogens is 2. The molecule has 6 heteroatoms. The Morgan fingerprint density at radius 2 is 1.78 bits per heavy atom. The Morgan fingerprint density at radius 3 is 2.39 bits per heavy atom. The van der Waals surface area contributed by atoms with Gasteiger partial charge in [0.05, 0.1) is 5.69 Å². The molecule has 0 aliphatic heterocycles. The Labute approximate surface area is 101 Å². The lowest BCUT2D eigenvalue weighted by Gasteiger charge is -2.05. The molecule has 1 aromatic heterocycles. The summed E-state index contributed by atoms with van der Waals surface area (Å²) in [6.45, 7) is 0. The molecule has 2 N–H and O–H groups in total. The van der Waals surface area contributed by atoms with Gasteiger partial charge in [-0.2, -0.15) is 13.8 Å². The van der Waals surface area contributed by atoms with E-state index >= 15 is 0 Å². The third-order valence-electron chi connectivity index (χ3n) is 2.19. The lowest BCUT2D eigenvalue weighted by Crippen LogP contribution is -2.13.